The van der Waals surface area contributed by atoms with E-state index in [2.05, 4.69) is 17.0 Å². The summed E-state index contributed by atoms with van der Waals surface area (Å²) in [6.45, 7) is 2.30. The summed E-state index contributed by atoms with van der Waals surface area (Å²) in [7, 11) is 0. The van der Waals surface area contributed by atoms with Gasteiger partial charge in [0.2, 0.25) is 5.91 Å². The molecule has 0 radical (unpaired) electrons. The van der Waals surface area contributed by atoms with E-state index in [0.717, 1.165) is 32.5 Å². The lowest BCUT2D eigenvalue weighted by atomic mass is 9.91. The first-order chi connectivity index (χ1) is 21.7. The standard InChI is InChI=1S/C33H31Cl2F6N3O2/c34-27-7-6-23(17-28(27)35)29-20-43(31(46)24-15-25(32(36,37)38)18-26(16-24)33(39,40)41)12-13-44(29)30(45)14-21-8-10-42(11-9-21)19-22-4-2-1-3-5-22/h1-7,15-18,21,29H,8-14,19-20H2/t29-/m1/s1. The summed E-state index contributed by atoms with van der Waals surface area (Å²) in [5, 5.41) is 0.464. The van der Waals surface area contributed by atoms with Crippen LogP contribution in [0.2, 0.25) is 10.0 Å². The Hall–Kier alpha value is -3.28. The first kappa shape index (κ1) is 34.1. The Morgan fingerprint density at radius 3 is 1.98 bits per heavy atom. The lowest BCUT2D eigenvalue weighted by Gasteiger charge is -2.42. The van der Waals surface area contributed by atoms with Crippen LogP contribution in [0.1, 0.15) is 57.9 Å². The number of rotatable bonds is 6. The van der Waals surface area contributed by atoms with Crippen molar-refractivity contribution in [3.05, 3.63) is 105 Å². The minimum absolute atomic E-state index is 0.0158. The van der Waals surface area contributed by atoms with E-state index < -0.39 is 41.0 Å². The smallest absolute Gasteiger partial charge is 0.334 e. The zero-order valence-electron chi connectivity index (χ0n) is 24.6. The van der Waals surface area contributed by atoms with Crippen molar-refractivity contribution in [3.63, 3.8) is 0 Å². The van der Waals surface area contributed by atoms with Gasteiger partial charge >= 0.3 is 12.4 Å². The maximum absolute atomic E-state index is 13.7. The Balaban J connectivity index is 1.33. The molecule has 0 bridgehead atoms. The van der Waals surface area contributed by atoms with Gasteiger partial charge in [0, 0.05) is 38.2 Å². The Morgan fingerprint density at radius 1 is 0.761 bits per heavy atom. The molecule has 2 amide bonds. The van der Waals surface area contributed by atoms with Gasteiger partial charge in [-0.15, -0.1) is 0 Å². The van der Waals surface area contributed by atoms with Crippen molar-refractivity contribution in [3.8, 4) is 0 Å². The van der Waals surface area contributed by atoms with Gasteiger partial charge in [-0.05, 0) is 73.3 Å². The number of halogens is 8. The average molecular weight is 687 g/mol. The highest BCUT2D eigenvalue weighted by atomic mass is 35.5. The van der Waals surface area contributed by atoms with Crippen LogP contribution in [0.15, 0.2) is 66.7 Å². The number of carbonyl (C=O) groups is 2. The van der Waals surface area contributed by atoms with Gasteiger partial charge in [0.15, 0.2) is 0 Å². The van der Waals surface area contributed by atoms with Crippen molar-refractivity contribution in [2.24, 2.45) is 5.92 Å². The van der Waals surface area contributed by atoms with Gasteiger partial charge in [-0.3, -0.25) is 14.5 Å². The summed E-state index contributed by atoms with van der Waals surface area (Å²) in [6, 6.07) is 14.9. The lowest BCUT2D eigenvalue weighted by Crippen LogP contribution is -2.52. The summed E-state index contributed by atoms with van der Waals surface area (Å²) in [6.07, 6.45) is -8.27. The number of likely N-dealkylation sites (tertiary alicyclic amines) is 1. The molecule has 0 unspecified atom stereocenters. The van der Waals surface area contributed by atoms with E-state index >= 15 is 0 Å². The third-order valence-corrected chi connectivity index (χ3v) is 9.31. The number of carbonyl (C=O) groups excluding carboxylic acids is 2. The molecule has 2 heterocycles. The minimum Gasteiger partial charge on any atom is -0.334 e. The third kappa shape index (κ3) is 8.16. The molecule has 46 heavy (non-hydrogen) atoms. The van der Waals surface area contributed by atoms with Crippen molar-refractivity contribution >= 4 is 35.0 Å². The summed E-state index contributed by atoms with van der Waals surface area (Å²) in [5.74, 6) is -1.01. The Labute approximate surface area is 272 Å². The lowest BCUT2D eigenvalue weighted by molar-refractivity contribution is -0.143. The molecule has 0 aliphatic carbocycles. The van der Waals surface area contributed by atoms with Crippen LogP contribution in [-0.2, 0) is 23.7 Å². The number of hydrogen-bond donors (Lipinski definition) is 0. The van der Waals surface area contributed by atoms with Gasteiger partial charge in [0.1, 0.15) is 0 Å². The Bertz CT molecular complexity index is 1530. The number of benzene rings is 3. The van der Waals surface area contributed by atoms with Crippen LogP contribution in [0.3, 0.4) is 0 Å². The van der Waals surface area contributed by atoms with Gasteiger partial charge < -0.3 is 9.80 Å². The van der Waals surface area contributed by atoms with Crippen LogP contribution in [-0.4, -0.2) is 59.2 Å². The second-order valence-electron chi connectivity index (χ2n) is 11.7. The molecule has 0 spiro atoms. The zero-order chi connectivity index (χ0) is 33.2. The number of alkyl halides is 6. The fourth-order valence-electron chi connectivity index (χ4n) is 6.09. The molecule has 13 heteroatoms. The van der Waals surface area contributed by atoms with Gasteiger partial charge in [-0.2, -0.15) is 26.3 Å². The van der Waals surface area contributed by atoms with Crippen LogP contribution in [0.5, 0.6) is 0 Å². The van der Waals surface area contributed by atoms with E-state index in [1.807, 2.05) is 18.2 Å². The molecule has 3 aromatic carbocycles. The highest BCUT2D eigenvalue weighted by Gasteiger charge is 2.40. The highest BCUT2D eigenvalue weighted by molar-refractivity contribution is 6.42. The molecular weight excluding hydrogens is 655 g/mol. The molecule has 2 fully saturated rings. The average Bonchev–Trinajstić information content (AvgIpc) is 3.02. The summed E-state index contributed by atoms with van der Waals surface area (Å²) < 4.78 is 80.9. The van der Waals surface area contributed by atoms with Crippen LogP contribution in [0.4, 0.5) is 26.3 Å². The maximum Gasteiger partial charge on any atom is 0.416 e. The van der Waals surface area contributed by atoms with Crippen LogP contribution < -0.4 is 0 Å². The third-order valence-electron chi connectivity index (χ3n) is 8.57. The molecule has 0 saturated carbocycles. The largest absolute Gasteiger partial charge is 0.416 e. The maximum atomic E-state index is 13.7. The molecule has 0 aromatic heterocycles. The summed E-state index contributed by atoms with van der Waals surface area (Å²) >= 11 is 12.4. The van der Waals surface area contributed by atoms with Gasteiger partial charge in [0.05, 0.1) is 27.2 Å². The second kappa shape index (κ2) is 13.8. The quantitative estimate of drug-likeness (QED) is 0.245. The molecule has 5 rings (SSSR count). The molecule has 5 nitrogen and oxygen atoms in total. The van der Waals surface area contributed by atoms with E-state index in [4.69, 9.17) is 23.2 Å². The topological polar surface area (TPSA) is 43.9 Å². The van der Waals surface area contributed by atoms with E-state index in [0.29, 0.717) is 17.7 Å². The first-order valence-corrected chi connectivity index (χ1v) is 15.5. The van der Waals surface area contributed by atoms with Gasteiger partial charge in [-0.25, -0.2) is 0 Å². The SMILES string of the molecule is O=C(c1cc(C(F)(F)F)cc(C(F)(F)F)c1)N1CCN(C(=O)CC2CCN(Cc3ccccc3)CC2)[C@@H](c2ccc(Cl)c(Cl)c2)C1. The van der Waals surface area contributed by atoms with E-state index in [-0.39, 0.29) is 54.0 Å². The normalized spacial score (nSPS) is 18.6. The fourth-order valence-corrected chi connectivity index (χ4v) is 6.39. The molecule has 1 atom stereocenters. The van der Waals surface area contributed by atoms with Crippen molar-refractivity contribution < 1.29 is 35.9 Å². The zero-order valence-corrected chi connectivity index (χ0v) is 26.1. The highest BCUT2D eigenvalue weighted by Crippen LogP contribution is 2.38. The second-order valence-corrected chi connectivity index (χ2v) is 12.5. The van der Waals surface area contributed by atoms with Crippen LogP contribution in [0.25, 0.3) is 0 Å². The Kier molecular flexibility index (Phi) is 10.2. The number of amides is 2. The monoisotopic (exact) mass is 685 g/mol. The van der Waals surface area contributed by atoms with E-state index in [1.165, 1.54) is 16.5 Å². The number of hydrogen-bond acceptors (Lipinski definition) is 3. The van der Waals surface area contributed by atoms with E-state index in [1.54, 1.807) is 17.0 Å². The van der Waals surface area contributed by atoms with Crippen molar-refractivity contribution in [1.29, 1.82) is 0 Å². The number of nitrogens with zero attached hydrogens (tertiary/aromatic N) is 3. The molecule has 3 aromatic rings. The van der Waals surface area contributed by atoms with Crippen molar-refractivity contribution in [2.75, 3.05) is 32.7 Å². The molecule has 0 N–H and O–H groups in total. The predicted octanol–water partition coefficient (Wildman–Crippen LogP) is 8.36. The minimum atomic E-state index is -5.10. The predicted molar refractivity (Wildman–Crippen MR) is 162 cm³/mol. The summed E-state index contributed by atoms with van der Waals surface area (Å²) in [5.41, 5.74) is -2.13. The van der Waals surface area contributed by atoms with Gasteiger partial charge in [-0.1, -0.05) is 59.6 Å². The summed E-state index contributed by atoms with van der Waals surface area (Å²) in [4.78, 5) is 32.3. The Morgan fingerprint density at radius 2 is 1.39 bits per heavy atom. The molecular formula is C33H31Cl2F6N3O2. The van der Waals surface area contributed by atoms with Gasteiger partial charge in [0.25, 0.3) is 5.91 Å². The molecule has 246 valence electrons. The molecule has 2 aliphatic rings. The van der Waals surface area contributed by atoms with E-state index in [9.17, 15) is 35.9 Å². The number of piperazine rings is 1. The van der Waals surface area contributed by atoms with Crippen LogP contribution >= 0.6 is 23.2 Å². The fraction of sp³-hybridized carbons (Fsp3) is 0.394. The first-order valence-electron chi connectivity index (χ1n) is 14.8. The number of piperidine rings is 1. The van der Waals surface area contributed by atoms with Crippen molar-refractivity contribution in [1.82, 2.24) is 14.7 Å². The van der Waals surface area contributed by atoms with Crippen LogP contribution in [0, 0.1) is 5.92 Å². The molecule has 2 aliphatic heterocycles. The molecule has 2 saturated heterocycles. The van der Waals surface area contributed by atoms with Crippen molar-refractivity contribution in [2.45, 2.75) is 44.2 Å².